The van der Waals surface area contributed by atoms with Gasteiger partial charge in [0.1, 0.15) is 5.92 Å². The fourth-order valence-corrected chi connectivity index (χ4v) is 8.04. The number of fused-ring (bicyclic) bond motifs is 2. The van der Waals surface area contributed by atoms with Gasteiger partial charge in [-0.05, 0) is 65.6 Å². The van der Waals surface area contributed by atoms with Gasteiger partial charge in [0, 0.05) is 21.4 Å². The molecule has 0 amide bonds. The van der Waals surface area contributed by atoms with Gasteiger partial charge in [0.15, 0.2) is 0 Å². The van der Waals surface area contributed by atoms with Crippen LogP contribution in [0, 0.1) is 5.92 Å². The average Bonchev–Trinajstić information content (AvgIpc) is 3.19. The Kier molecular flexibility index (Phi) is 14.5. The second-order valence-electron chi connectivity index (χ2n) is 15.2. The van der Waals surface area contributed by atoms with Crippen molar-refractivity contribution in [3.05, 3.63) is 63.4 Å². The van der Waals surface area contributed by atoms with Gasteiger partial charge in [-0.3, -0.25) is 9.59 Å². The monoisotopic (exact) mass is 926 g/mol. The van der Waals surface area contributed by atoms with Crippen molar-refractivity contribution in [2.24, 2.45) is 5.92 Å². The van der Waals surface area contributed by atoms with E-state index in [-0.39, 0.29) is 63.1 Å². The van der Waals surface area contributed by atoms with E-state index in [2.05, 4.69) is 0 Å². The number of alkyl halides is 12. The maximum absolute atomic E-state index is 17.0. The Hall–Kier alpha value is -5.30. The molecule has 0 aliphatic heterocycles. The Morgan fingerprint density at radius 2 is 0.969 bits per heavy atom. The van der Waals surface area contributed by atoms with Crippen molar-refractivity contribution in [2.45, 2.75) is 109 Å². The second-order valence-corrected chi connectivity index (χ2v) is 15.2. The molecule has 20 heteroatoms. The third kappa shape index (κ3) is 8.76. The number of hydrogen-bond donors (Lipinski definition) is 0. The van der Waals surface area contributed by atoms with Crippen molar-refractivity contribution < 1.29 is 90.8 Å². The largest absolute Gasteiger partial charge is 0.465 e. The molecular weight excluding hydrogens is 884 g/mol. The third-order valence-corrected chi connectivity index (χ3v) is 10.9. The average molecular weight is 927 g/mol. The Morgan fingerprint density at radius 1 is 0.531 bits per heavy atom. The molecule has 2 unspecified atom stereocenters. The van der Waals surface area contributed by atoms with Crippen LogP contribution in [-0.4, -0.2) is 56.5 Å². The van der Waals surface area contributed by atoms with Crippen molar-refractivity contribution in [3.8, 4) is 0 Å². The van der Waals surface area contributed by atoms with Gasteiger partial charge >= 0.3 is 48.6 Å². The van der Waals surface area contributed by atoms with E-state index in [0.717, 1.165) is 0 Å². The van der Waals surface area contributed by atoms with Crippen molar-refractivity contribution >= 4 is 61.8 Å². The summed E-state index contributed by atoms with van der Waals surface area (Å²) in [6, 6.07) is 1.28. The lowest BCUT2D eigenvalue weighted by Crippen LogP contribution is -2.62. The Balaban J connectivity index is 2.40. The molecule has 0 bridgehead atoms. The van der Waals surface area contributed by atoms with E-state index in [1.165, 1.54) is 6.92 Å². The first-order valence-electron chi connectivity index (χ1n) is 20.4. The van der Waals surface area contributed by atoms with E-state index in [9.17, 15) is 19.2 Å². The van der Waals surface area contributed by atoms with Crippen LogP contribution in [0.5, 0.6) is 0 Å². The molecule has 2 atom stereocenters. The van der Waals surface area contributed by atoms with E-state index >= 15 is 52.7 Å². The number of ether oxygens (including phenoxy) is 4. The molecule has 8 nitrogen and oxygen atoms in total. The number of halogens is 12. The summed E-state index contributed by atoms with van der Waals surface area (Å²) < 4.78 is 211. The first-order chi connectivity index (χ1) is 29.9. The minimum absolute atomic E-state index is 0.0254. The predicted molar refractivity (Wildman–Crippen MR) is 207 cm³/mol. The summed E-state index contributed by atoms with van der Waals surface area (Å²) in [5.41, 5.74) is -16.9. The van der Waals surface area contributed by atoms with Gasteiger partial charge < -0.3 is 18.9 Å². The SMILES string of the molecule is CCCCOC(=O)C1=c2c(C(=O)OCCCC)cc(C(F)(F)F)c3c2c(c2c(C(F)(F)F)ccc4ccc(C(F)(F)F)c3c42)C(C(=O)OCCCC)(C(F)(F)F)C1C(=O)OCCCC. The number of carbonyl (C=O) groups is 4. The topological polar surface area (TPSA) is 105 Å². The summed E-state index contributed by atoms with van der Waals surface area (Å²) in [7, 11) is 0. The molecule has 5 rings (SSSR count). The minimum atomic E-state index is -6.48. The molecule has 64 heavy (non-hydrogen) atoms. The van der Waals surface area contributed by atoms with Gasteiger partial charge in [-0.1, -0.05) is 65.5 Å². The standard InChI is InChI=1S/C44H42F12O8/c1-5-9-17-61-36(57)23-21-26(43(51,52)53)30-29-24(41(45,46)47)15-13-22-14-16-25(42(48,49)50)31(27(22)29)34-32(30)28(23)33(37(58)62-18-10-6-2)35(38(59)63-19-11-7-3)40(34,44(54,55)56)39(60)64-20-12-8-4/h13-16,21,35H,5-12,17-20H2,1-4H3. The van der Waals surface area contributed by atoms with Crippen LogP contribution in [0.1, 0.15) is 112 Å². The van der Waals surface area contributed by atoms with Crippen molar-refractivity contribution in [1.82, 2.24) is 0 Å². The van der Waals surface area contributed by atoms with Gasteiger partial charge in [0.25, 0.3) is 0 Å². The Labute approximate surface area is 357 Å². The summed E-state index contributed by atoms with van der Waals surface area (Å²) in [5.74, 6) is -12.1. The molecule has 0 radical (unpaired) electrons. The van der Waals surface area contributed by atoms with Crippen LogP contribution >= 0.6 is 0 Å². The molecule has 4 aromatic rings. The number of rotatable bonds is 16. The van der Waals surface area contributed by atoms with Crippen LogP contribution < -0.4 is 5.22 Å². The van der Waals surface area contributed by atoms with E-state index in [1.54, 1.807) is 20.8 Å². The van der Waals surface area contributed by atoms with Crippen molar-refractivity contribution in [2.75, 3.05) is 26.4 Å². The lowest BCUT2D eigenvalue weighted by atomic mass is 9.59. The zero-order valence-electron chi connectivity index (χ0n) is 34.8. The second kappa shape index (κ2) is 18.7. The summed E-state index contributed by atoms with van der Waals surface area (Å²) in [6.07, 6.45) is -23.5. The first kappa shape index (κ1) is 49.7. The molecule has 1 aliphatic carbocycles. The summed E-state index contributed by atoms with van der Waals surface area (Å²) in [6.45, 7) is 3.28. The maximum atomic E-state index is 17.0. The highest BCUT2D eigenvalue weighted by molar-refractivity contribution is 6.31. The predicted octanol–water partition coefficient (Wildman–Crippen LogP) is 11.5. The lowest BCUT2D eigenvalue weighted by Gasteiger charge is -2.44. The Bertz CT molecular complexity index is 2500. The Morgan fingerprint density at radius 3 is 1.44 bits per heavy atom. The van der Waals surface area contributed by atoms with Crippen LogP contribution in [-0.2, 0) is 57.3 Å². The molecule has 0 saturated heterocycles. The highest BCUT2D eigenvalue weighted by atomic mass is 19.4. The number of unbranched alkanes of at least 4 members (excludes halogenated alkanes) is 4. The van der Waals surface area contributed by atoms with Gasteiger partial charge in [0.05, 0.1) is 54.3 Å². The summed E-state index contributed by atoms with van der Waals surface area (Å²) in [5, 5.41) is -11.0. The molecular formula is C44H42F12O8. The molecule has 0 saturated carbocycles. The summed E-state index contributed by atoms with van der Waals surface area (Å²) in [4.78, 5) is 58.1. The molecule has 0 aromatic heterocycles. The third-order valence-electron chi connectivity index (χ3n) is 10.9. The van der Waals surface area contributed by atoms with E-state index in [0.29, 0.717) is 18.6 Å². The van der Waals surface area contributed by atoms with Gasteiger partial charge in [-0.25, -0.2) is 9.59 Å². The lowest BCUT2D eigenvalue weighted by molar-refractivity contribution is -0.221. The van der Waals surface area contributed by atoms with Crippen LogP contribution in [0.2, 0.25) is 0 Å². The zero-order chi connectivity index (χ0) is 47.7. The quantitative estimate of drug-likeness (QED) is 0.0273. The highest BCUT2D eigenvalue weighted by Gasteiger charge is 2.73. The minimum Gasteiger partial charge on any atom is -0.465 e. The van der Waals surface area contributed by atoms with E-state index in [4.69, 9.17) is 18.9 Å². The number of hydrogen-bond acceptors (Lipinski definition) is 8. The molecule has 350 valence electrons. The van der Waals surface area contributed by atoms with Gasteiger partial charge in [-0.15, -0.1) is 0 Å². The van der Waals surface area contributed by atoms with Gasteiger partial charge in [-0.2, -0.15) is 52.7 Å². The van der Waals surface area contributed by atoms with E-state index < -0.39 is 157 Å². The highest BCUT2D eigenvalue weighted by Crippen LogP contribution is 2.60. The van der Waals surface area contributed by atoms with Crippen molar-refractivity contribution in [1.29, 1.82) is 0 Å². The fraction of sp³-hybridized carbons (Fsp3) is 0.500. The number of esters is 4. The smallest absolute Gasteiger partial charge is 0.417 e. The normalized spacial score (nSPS) is 17.0. The zero-order valence-corrected chi connectivity index (χ0v) is 34.8. The first-order valence-corrected chi connectivity index (χ1v) is 20.4. The van der Waals surface area contributed by atoms with Crippen LogP contribution in [0.15, 0.2) is 30.3 Å². The van der Waals surface area contributed by atoms with Gasteiger partial charge in [0.2, 0.25) is 5.41 Å². The number of carbonyl (C=O) groups excluding carboxylic acids is 4. The molecule has 4 aromatic carbocycles. The molecule has 0 spiro atoms. The summed E-state index contributed by atoms with van der Waals surface area (Å²) >= 11 is 0. The van der Waals surface area contributed by atoms with E-state index in [1.807, 2.05) is 0 Å². The van der Waals surface area contributed by atoms with Crippen molar-refractivity contribution in [3.63, 3.8) is 0 Å². The maximum Gasteiger partial charge on any atom is 0.417 e. The van der Waals surface area contributed by atoms with Crippen LogP contribution in [0.4, 0.5) is 52.7 Å². The molecule has 0 heterocycles. The van der Waals surface area contributed by atoms with Crippen LogP contribution in [0.3, 0.4) is 0 Å². The molecule has 1 aliphatic rings. The van der Waals surface area contributed by atoms with Crippen LogP contribution in [0.25, 0.3) is 37.9 Å². The number of benzene rings is 4. The molecule has 0 fully saturated rings. The fourth-order valence-electron chi connectivity index (χ4n) is 8.04. The molecule has 0 N–H and O–H groups in total.